The van der Waals surface area contributed by atoms with Gasteiger partial charge in [0, 0.05) is 12.5 Å². The van der Waals surface area contributed by atoms with Crippen LogP contribution in [0.2, 0.25) is 0 Å². The summed E-state index contributed by atoms with van der Waals surface area (Å²) < 4.78 is 16.3. The summed E-state index contributed by atoms with van der Waals surface area (Å²) in [7, 11) is 0. The van der Waals surface area contributed by atoms with Crippen molar-refractivity contribution < 1.29 is 28.9 Å². The topological polar surface area (TPSA) is 82.1 Å². The van der Waals surface area contributed by atoms with E-state index in [1.165, 1.54) is 45.4 Å². The Kier molecular flexibility index (Phi) is 8.77. The molecule has 1 aromatic carbocycles. The molecule has 1 aromatic rings. The number of ether oxygens (including phenoxy) is 3. The molecular formula is C22H32O6. The SMILES string of the molecule is CCCCCCCCCCOc1cccc2c1C(=O)O[C@]2(CO)COC(C)=O. The van der Waals surface area contributed by atoms with Gasteiger partial charge in [0.25, 0.3) is 0 Å². The van der Waals surface area contributed by atoms with E-state index in [1.54, 1.807) is 18.2 Å². The lowest BCUT2D eigenvalue weighted by Crippen LogP contribution is -2.36. The van der Waals surface area contributed by atoms with E-state index in [0.717, 1.165) is 12.8 Å². The Morgan fingerprint density at radius 1 is 1.11 bits per heavy atom. The van der Waals surface area contributed by atoms with Gasteiger partial charge in [0.05, 0.1) is 13.2 Å². The summed E-state index contributed by atoms with van der Waals surface area (Å²) in [5.41, 5.74) is -0.561. The molecule has 0 amide bonds. The average molecular weight is 392 g/mol. The molecule has 2 rings (SSSR count). The second-order valence-corrected chi connectivity index (χ2v) is 7.32. The summed E-state index contributed by atoms with van der Waals surface area (Å²) >= 11 is 0. The smallest absolute Gasteiger partial charge is 0.343 e. The third kappa shape index (κ3) is 5.71. The highest BCUT2D eigenvalue weighted by molar-refractivity contribution is 5.97. The Labute approximate surface area is 167 Å². The zero-order valence-corrected chi connectivity index (χ0v) is 17.0. The maximum atomic E-state index is 12.4. The maximum Gasteiger partial charge on any atom is 0.343 e. The van der Waals surface area contributed by atoms with Gasteiger partial charge in [0.15, 0.2) is 5.60 Å². The van der Waals surface area contributed by atoms with Gasteiger partial charge in [0.2, 0.25) is 0 Å². The molecule has 6 heteroatoms. The molecule has 0 radical (unpaired) electrons. The molecule has 1 aliphatic heterocycles. The van der Waals surface area contributed by atoms with Gasteiger partial charge in [0.1, 0.15) is 17.9 Å². The van der Waals surface area contributed by atoms with Crippen molar-refractivity contribution in [2.24, 2.45) is 0 Å². The number of hydrogen-bond acceptors (Lipinski definition) is 6. The molecule has 1 heterocycles. The van der Waals surface area contributed by atoms with Crippen LogP contribution in [0.5, 0.6) is 5.75 Å². The molecule has 156 valence electrons. The summed E-state index contributed by atoms with van der Waals surface area (Å²) in [4.78, 5) is 23.6. The van der Waals surface area contributed by atoms with Gasteiger partial charge in [-0.05, 0) is 12.5 Å². The van der Waals surface area contributed by atoms with Crippen LogP contribution in [0.15, 0.2) is 18.2 Å². The number of fused-ring (bicyclic) bond motifs is 1. The Bertz CT molecular complexity index is 656. The summed E-state index contributed by atoms with van der Waals surface area (Å²) in [6.45, 7) is 3.31. The van der Waals surface area contributed by atoms with Crippen LogP contribution in [-0.2, 0) is 19.9 Å². The lowest BCUT2D eigenvalue weighted by molar-refractivity contribution is -0.151. The minimum Gasteiger partial charge on any atom is -0.493 e. The van der Waals surface area contributed by atoms with E-state index in [-0.39, 0.29) is 6.61 Å². The Morgan fingerprint density at radius 2 is 1.79 bits per heavy atom. The summed E-state index contributed by atoms with van der Waals surface area (Å²) in [6.07, 6.45) is 9.63. The van der Waals surface area contributed by atoms with E-state index in [0.29, 0.717) is 23.5 Å². The van der Waals surface area contributed by atoms with Gasteiger partial charge < -0.3 is 19.3 Å². The summed E-state index contributed by atoms with van der Waals surface area (Å²) in [5.74, 6) is -0.620. The average Bonchev–Trinajstić information content (AvgIpc) is 2.98. The molecule has 0 saturated carbocycles. The molecule has 0 aliphatic carbocycles. The van der Waals surface area contributed by atoms with Gasteiger partial charge >= 0.3 is 11.9 Å². The molecule has 0 fully saturated rings. The molecule has 0 unspecified atom stereocenters. The van der Waals surface area contributed by atoms with Gasteiger partial charge in [-0.25, -0.2) is 4.79 Å². The number of unbranched alkanes of at least 4 members (excludes halogenated alkanes) is 7. The standard InChI is InChI=1S/C22H32O6/c1-3-4-5-6-7-8-9-10-14-26-19-13-11-12-18-20(19)21(25)28-22(18,15-23)16-27-17(2)24/h11-13,23H,3-10,14-16H2,1-2H3/t22-/m1/s1. The van der Waals surface area contributed by atoms with Crippen molar-refractivity contribution in [3.63, 3.8) is 0 Å². The predicted octanol–water partition coefficient (Wildman–Crippen LogP) is 4.13. The van der Waals surface area contributed by atoms with Crippen molar-refractivity contribution in [1.29, 1.82) is 0 Å². The van der Waals surface area contributed by atoms with Crippen molar-refractivity contribution in [3.05, 3.63) is 29.3 Å². The molecule has 6 nitrogen and oxygen atoms in total. The molecule has 28 heavy (non-hydrogen) atoms. The van der Waals surface area contributed by atoms with Crippen LogP contribution in [0.4, 0.5) is 0 Å². The molecule has 0 aromatic heterocycles. The van der Waals surface area contributed by atoms with Gasteiger partial charge in [-0.15, -0.1) is 0 Å². The molecule has 0 saturated heterocycles. The first kappa shape index (κ1) is 22.2. The number of esters is 2. The highest BCUT2D eigenvalue weighted by atomic mass is 16.6. The predicted molar refractivity (Wildman–Crippen MR) is 105 cm³/mol. The van der Waals surface area contributed by atoms with E-state index < -0.39 is 24.1 Å². The highest BCUT2D eigenvalue weighted by Gasteiger charge is 2.48. The van der Waals surface area contributed by atoms with E-state index in [1.807, 2.05) is 0 Å². The fourth-order valence-corrected chi connectivity index (χ4v) is 3.43. The van der Waals surface area contributed by atoms with Crippen LogP contribution >= 0.6 is 0 Å². The lowest BCUT2D eigenvalue weighted by Gasteiger charge is -2.25. The van der Waals surface area contributed by atoms with E-state index in [9.17, 15) is 14.7 Å². The lowest BCUT2D eigenvalue weighted by atomic mass is 9.93. The number of aliphatic hydroxyl groups excluding tert-OH is 1. The molecule has 1 N–H and O–H groups in total. The second kappa shape index (κ2) is 11.1. The molecule has 1 aliphatic rings. The normalized spacial score (nSPS) is 17.9. The number of benzene rings is 1. The van der Waals surface area contributed by atoms with Crippen LogP contribution < -0.4 is 4.74 Å². The minimum absolute atomic E-state index is 0.223. The molecule has 1 atom stereocenters. The number of aliphatic hydroxyl groups is 1. The Balaban J connectivity index is 1.90. The van der Waals surface area contributed by atoms with Crippen molar-refractivity contribution in [2.75, 3.05) is 19.8 Å². The first-order valence-corrected chi connectivity index (χ1v) is 10.3. The number of carbonyl (C=O) groups excluding carboxylic acids is 2. The molecule has 0 spiro atoms. The number of cyclic esters (lactones) is 1. The summed E-state index contributed by atoms with van der Waals surface area (Å²) in [6, 6.07) is 5.18. The monoisotopic (exact) mass is 392 g/mol. The first-order valence-electron chi connectivity index (χ1n) is 10.3. The van der Waals surface area contributed by atoms with Crippen LogP contribution in [0.25, 0.3) is 0 Å². The quantitative estimate of drug-likeness (QED) is 0.401. The van der Waals surface area contributed by atoms with E-state index >= 15 is 0 Å². The minimum atomic E-state index is -1.37. The highest BCUT2D eigenvalue weighted by Crippen LogP contribution is 2.41. The largest absolute Gasteiger partial charge is 0.493 e. The zero-order chi connectivity index (χ0) is 20.4. The third-order valence-electron chi connectivity index (χ3n) is 5.03. The van der Waals surface area contributed by atoms with Crippen LogP contribution in [0.3, 0.4) is 0 Å². The Hall–Kier alpha value is -2.08. The number of hydrogen-bond donors (Lipinski definition) is 1. The first-order chi connectivity index (χ1) is 13.5. The molecule has 0 bridgehead atoms. The third-order valence-corrected chi connectivity index (χ3v) is 5.03. The number of rotatable bonds is 13. The van der Waals surface area contributed by atoms with E-state index in [4.69, 9.17) is 14.2 Å². The summed E-state index contributed by atoms with van der Waals surface area (Å²) in [5, 5.41) is 9.83. The fraction of sp³-hybridized carbons (Fsp3) is 0.636. The van der Waals surface area contributed by atoms with Crippen LogP contribution in [0.1, 0.15) is 81.1 Å². The van der Waals surface area contributed by atoms with E-state index in [2.05, 4.69) is 6.92 Å². The number of carbonyl (C=O) groups is 2. The van der Waals surface area contributed by atoms with Crippen molar-refractivity contribution >= 4 is 11.9 Å². The second-order valence-electron chi connectivity index (χ2n) is 7.32. The maximum absolute atomic E-state index is 12.4. The van der Waals surface area contributed by atoms with Crippen molar-refractivity contribution in [2.45, 2.75) is 70.8 Å². The van der Waals surface area contributed by atoms with Crippen molar-refractivity contribution in [3.8, 4) is 5.75 Å². The zero-order valence-electron chi connectivity index (χ0n) is 17.0. The van der Waals surface area contributed by atoms with Crippen LogP contribution in [0, 0.1) is 0 Å². The van der Waals surface area contributed by atoms with Crippen molar-refractivity contribution in [1.82, 2.24) is 0 Å². The van der Waals surface area contributed by atoms with Gasteiger partial charge in [-0.2, -0.15) is 0 Å². The van der Waals surface area contributed by atoms with Gasteiger partial charge in [-0.3, -0.25) is 4.79 Å². The fourth-order valence-electron chi connectivity index (χ4n) is 3.43. The van der Waals surface area contributed by atoms with Gasteiger partial charge in [-0.1, -0.05) is 64.0 Å². The molecular weight excluding hydrogens is 360 g/mol. The van der Waals surface area contributed by atoms with Crippen LogP contribution in [-0.4, -0.2) is 36.9 Å². The Morgan fingerprint density at radius 3 is 2.43 bits per heavy atom.